The number of guanidine groups is 1. The van der Waals surface area contributed by atoms with E-state index in [-0.39, 0.29) is 12.1 Å². The molecule has 31 heavy (non-hydrogen) atoms. The highest BCUT2D eigenvalue weighted by Gasteiger charge is 2.59. The van der Waals surface area contributed by atoms with E-state index in [9.17, 15) is 5.11 Å². The van der Waals surface area contributed by atoms with Crippen molar-refractivity contribution in [3.05, 3.63) is 0 Å². The number of hydrogen-bond acceptors (Lipinski definition) is 4. The van der Waals surface area contributed by atoms with Gasteiger partial charge in [-0.25, -0.2) is 0 Å². The molecule has 0 spiro atoms. The summed E-state index contributed by atoms with van der Waals surface area (Å²) in [4.78, 5) is 5.26. The summed E-state index contributed by atoms with van der Waals surface area (Å²) in [6, 6.07) is 0. The summed E-state index contributed by atoms with van der Waals surface area (Å²) in [5.41, 5.74) is 6.22. The fourth-order valence-electron chi connectivity index (χ4n) is 8.48. The summed E-state index contributed by atoms with van der Waals surface area (Å²) in [5.74, 6) is 4.21. The quantitative estimate of drug-likeness (QED) is 0.209. The first-order chi connectivity index (χ1) is 14.8. The topological polar surface area (TPSA) is 104 Å². The third kappa shape index (κ3) is 4.46. The number of hydrogen-bond donors (Lipinski definition) is 4. The Morgan fingerprint density at radius 1 is 1.13 bits per heavy atom. The van der Waals surface area contributed by atoms with Crippen molar-refractivity contribution in [2.75, 3.05) is 13.2 Å². The predicted molar refractivity (Wildman–Crippen MR) is 125 cm³/mol. The average molecular weight is 433 g/mol. The number of oxime groups is 1. The molecule has 176 valence electrons. The van der Waals surface area contributed by atoms with Gasteiger partial charge >= 0.3 is 0 Å². The van der Waals surface area contributed by atoms with Crippen molar-refractivity contribution in [1.29, 1.82) is 5.41 Å². The van der Waals surface area contributed by atoms with Crippen molar-refractivity contribution in [3.63, 3.8) is 0 Å². The molecule has 0 radical (unpaired) electrons. The standard InChI is InChI=1S/C25H44N4O2/c1-24-12-10-22-20(7-5-18-16-19(30)9-11-25(18,22)2)21(24)8-6-17(24)4-3-13-29-31-15-14-28-23(26)27/h13,17-22,30H,3-12,14-16H2,1-2H3,(H4,26,27,28)/b29-13+/t17-,18+,19-,20-,21-,22-,24+,25-/m0/s1. The summed E-state index contributed by atoms with van der Waals surface area (Å²) in [5, 5.41) is 24.1. The summed E-state index contributed by atoms with van der Waals surface area (Å²) in [6.45, 7) is 6.12. The molecule has 0 amide bonds. The largest absolute Gasteiger partial charge is 0.394 e. The van der Waals surface area contributed by atoms with E-state index < -0.39 is 0 Å². The third-order valence-corrected chi connectivity index (χ3v) is 10.1. The highest BCUT2D eigenvalue weighted by atomic mass is 16.6. The number of nitrogens with one attached hydrogen (secondary N) is 2. The first-order valence-corrected chi connectivity index (χ1v) is 12.7. The van der Waals surface area contributed by atoms with Crippen LogP contribution < -0.4 is 11.1 Å². The summed E-state index contributed by atoms with van der Waals surface area (Å²) >= 11 is 0. The number of nitrogens with two attached hydrogens (primary N) is 1. The van der Waals surface area contributed by atoms with Gasteiger partial charge in [0.05, 0.1) is 12.6 Å². The van der Waals surface area contributed by atoms with Crippen molar-refractivity contribution < 1.29 is 9.94 Å². The van der Waals surface area contributed by atoms with E-state index in [1.54, 1.807) is 0 Å². The Balaban J connectivity index is 1.30. The van der Waals surface area contributed by atoms with E-state index in [0.29, 0.717) is 24.0 Å². The number of aliphatic hydroxyl groups is 1. The molecule has 0 heterocycles. The second-order valence-corrected chi connectivity index (χ2v) is 11.4. The lowest BCUT2D eigenvalue weighted by molar-refractivity contribution is -0.126. The maximum absolute atomic E-state index is 10.2. The fraction of sp³-hybridized carbons (Fsp3) is 0.920. The smallest absolute Gasteiger partial charge is 0.185 e. The van der Waals surface area contributed by atoms with Crippen LogP contribution >= 0.6 is 0 Å². The molecule has 0 aromatic carbocycles. The monoisotopic (exact) mass is 432 g/mol. The van der Waals surface area contributed by atoms with Crippen molar-refractivity contribution in [2.24, 2.45) is 51.3 Å². The SMILES string of the molecule is C[C@]12CC[C@H](O)C[C@H]1CC[C@@H]1[C@@H]2CC[C@]2(C)[C@@H](CC/C=N/OCCNC(=N)N)CC[C@@H]12. The maximum Gasteiger partial charge on any atom is 0.185 e. The highest BCUT2D eigenvalue weighted by Crippen LogP contribution is 2.67. The molecule has 0 saturated heterocycles. The van der Waals surface area contributed by atoms with Crippen LogP contribution in [0.25, 0.3) is 0 Å². The van der Waals surface area contributed by atoms with Crippen molar-refractivity contribution >= 4 is 12.2 Å². The van der Waals surface area contributed by atoms with E-state index in [0.717, 1.165) is 48.9 Å². The van der Waals surface area contributed by atoms with Gasteiger partial charge in [-0.05, 0) is 111 Å². The van der Waals surface area contributed by atoms with Gasteiger partial charge in [-0.1, -0.05) is 19.0 Å². The Labute approximate surface area is 188 Å². The fourth-order valence-corrected chi connectivity index (χ4v) is 8.48. The molecule has 4 aliphatic carbocycles. The summed E-state index contributed by atoms with van der Waals surface area (Å²) < 4.78 is 0. The first kappa shape index (κ1) is 22.9. The normalized spacial score (nSPS) is 44.4. The minimum Gasteiger partial charge on any atom is -0.394 e. The Morgan fingerprint density at radius 3 is 2.71 bits per heavy atom. The lowest BCUT2D eigenvalue weighted by Gasteiger charge is -2.61. The molecule has 4 rings (SSSR count). The van der Waals surface area contributed by atoms with Gasteiger partial charge in [-0.2, -0.15) is 0 Å². The van der Waals surface area contributed by atoms with Crippen molar-refractivity contribution in [1.82, 2.24) is 5.32 Å². The zero-order valence-electron chi connectivity index (χ0n) is 19.6. The molecule has 0 unspecified atom stereocenters. The molecule has 6 heteroatoms. The van der Waals surface area contributed by atoms with Crippen LogP contribution in [-0.4, -0.2) is 36.5 Å². The van der Waals surface area contributed by atoms with Crippen molar-refractivity contribution in [2.45, 2.75) is 90.6 Å². The number of fused-ring (bicyclic) bond motifs is 5. The number of aliphatic hydroxyl groups excluding tert-OH is 1. The lowest BCUT2D eigenvalue weighted by Crippen LogP contribution is -2.53. The molecule has 0 aromatic heterocycles. The van der Waals surface area contributed by atoms with E-state index in [1.807, 2.05) is 6.21 Å². The van der Waals surface area contributed by atoms with E-state index in [4.69, 9.17) is 16.0 Å². The minimum atomic E-state index is -0.0459. The van der Waals surface area contributed by atoms with Gasteiger partial charge in [0.15, 0.2) is 5.96 Å². The molecule has 0 bridgehead atoms. The van der Waals surface area contributed by atoms with Gasteiger partial charge in [0, 0.05) is 6.21 Å². The second-order valence-electron chi connectivity index (χ2n) is 11.4. The Kier molecular flexibility index (Phi) is 6.85. The second kappa shape index (κ2) is 9.29. The Morgan fingerprint density at radius 2 is 1.90 bits per heavy atom. The summed E-state index contributed by atoms with van der Waals surface area (Å²) in [6.07, 6.45) is 15.7. The third-order valence-electron chi connectivity index (χ3n) is 10.1. The first-order valence-electron chi connectivity index (χ1n) is 12.7. The summed E-state index contributed by atoms with van der Waals surface area (Å²) in [7, 11) is 0. The van der Waals surface area contributed by atoms with Crippen LogP contribution in [0.15, 0.2) is 5.16 Å². The van der Waals surface area contributed by atoms with Gasteiger partial charge in [0.1, 0.15) is 6.61 Å². The molecule has 4 fully saturated rings. The van der Waals surface area contributed by atoms with E-state index in [1.165, 1.54) is 51.4 Å². The number of nitrogens with zero attached hydrogens (tertiary/aromatic N) is 1. The molecule has 4 saturated carbocycles. The molecule has 8 atom stereocenters. The maximum atomic E-state index is 10.2. The predicted octanol–water partition coefficient (Wildman–Crippen LogP) is 4.27. The molecule has 5 N–H and O–H groups in total. The molecular formula is C25H44N4O2. The van der Waals surface area contributed by atoms with E-state index >= 15 is 0 Å². The average Bonchev–Trinajstić information content (AvgIpc) is 3.06. The van der Waals surface area contributed by atoms with Gasteiger partial charge in [0.25, 0.3) is 0 Å². The van der Waals surface area contributed by atoms with E-state index in [2.05, 4.69) is 24.3 Å². The minimum absolute atomic E-state index is 0.0325. The zero-order valence-corrected chi connectivity index (χ0v) is 19.6. The Bertz CT molecular complexity index is 670. The van der Waals surface area contributed by atoms with Gasteiger partial charge in [-0.15, -0.1) is 0 Å². The molecular weight excluding hydrogens is 388 g/mol. The van der Waals surface area contributed by atoms with Crippen LogP contribution in [-0.2, 0) is 4.84 Å². The zero-order chi connectivity index (χ0) is 22.1. The Hall–Kier alpha value is -1.30. The van der Waals surface area contributed by atoms with Crippen molar-refractivity contribution in [3.8, 4) is 0 Å². The van der Waals surface area contributed by atoms with Crippen LogP contribution in [0.2, 0.25) is 0 Å². The van der Waals surface area contributed by atoms with Crippen LogP contribution in [0.4, 0.5) is 0 Å². The highest BCUT2D eigenvalue weighted by molar-refractivity contribution is 5.74. The van der Waals surface area contributed by atoms with Crippen LogP contribution in [0, 0.1) is 45.8 Å². The molecule has 0 aromatic rings. The lowest BCUT2D eigenvalue weighted by atomic mass is 9.44. The van der Waals surface area contributed by atoms with Gasteiger partial charge < -0.3 is 21.0 Å². The molecule has 0 aliphatic heterocycles. The molecule has 4 aliphatic rings. The van der Waals surface area contributed by atoms with Crippen LogP contribution in [0.5, 0.6) is 0 Å². The van der Waals surface area contributed by atoms with Gasteiger partial charge in [-0.3, -0.25) is 5.41 Å². The van der Waals surface area contributed by atoms with Crippen LogP contribution in [0.3, 0.4) is 0 Å². The van der Waals surface area contributed by atoms with Crippen LogP contribution in [0.1, 0.15) is 84.5 Å². The molecule has 6 nitrogen and oxygen atoms in total. The van der Waals surface area contributed by atoms with Gasteiger partial charge in [0.2, 0.25) is 0 Å². The number of rotatable bonds is 7.